The summed E-state index contributed by atoms with van der Waals surface area (Å²) in [5.41, 5.74) is 2.42. The second kappa shape index (κ2) is 10.7. The van der Waals surface area contributed by atoms with E-state index in [9.17, 15) is 5.11 Å². The molecule has 4 aliphatic carbocycles. The lowest BCUT2D eigenvalue weighted by atomic mass is 9.29. The van der Waals surface area contributed by atoms with Gasteiger partial charge in [0.15, 0.2) is 6.29 Å². The summed E-state index contributed by atoms with van der Waals surface area (Å²) in [4.78, 5) is 0. The van der Waals surface area contributed by atoms with E-state index in [1.165, 1.54) is 19.3 Å². The molecule has 4 aliphatic rings. The molecular formula is C38H68O2. The number of aliphatic hydroxyl groups is 1. The number of fused-ring (bicyclic) bond motifs is 3. The summed E-state index contributed by atoms with van der Waals surface area (Å²) < 4.78 is 5.95. The molecule has 2 nitrogen and oxygen atoms in total. The topological polar surface area (TPSA) is 29.5 Å². The second-order valence-corrected chi connectivity index (χ2v) is 18.1. The van der Waals surface area contributed by atoms with Crippen molar-refractivity contribution in [2.24, 2.45) is 92.7 Å². The van der Waals surface area contributed by atoms with Gasteiger partial charge in [0.1, 0.15) is 0 Å². The van der Waals surface area contributed by atoms with Crippen LogP contribution in [0, 0.1) is 92.7 Å². The fourth-order valence-corrected chi connectivity index (χ4v) is 12.9. The maximum absolute atomic E-state index is 10.9. The average Bonchev–Trinajstić information content (AvgIpc) is 2.83. The van der Waals surface area contributed by atoms with Crippen LogP contribution < -0.4 is 0 Å². The van der Waals surface area contributed by atoms with Gasteiger partial charge in [0.2, 0.25) is 0 Å². The third-order valence-corrected chi connectivity index (χ3v) is 15.1. The largest absolute Gasteiger partial charge is 0.368 e. The van der Waals surface area contributed by atoms with E-state index < -0.39 is 6.29 Å². The van der Waals surface area contributed by atoms with Crippen LogP contribution in [0.3, 0.4) is 0 Å². The van der Waals surface area contributed by atoms with Gasteiger partial charge in [-0.2, -0.15) is 0 Å². The van der Waals surface area contributed by atoms with Crippen molar-refractivity contribution >= 4 is 0 Å². The fourth-order valence-electron chi connectivity index (χ4n) is 12.9. The van der Waals surface area contributed by atoms with Gasteiger partial charge in [-0.3, -0.25) is 0 Å². The highest BCUT2D eigenvalue weighted by molar-refractivity contribution is 5.30. The van der Waals surface area contributed by atoms with Gasteiger partial charge in [0.05, 0.1) is 6.61 Å². The molecule has 40 heavy (non-hydrogen) atoms. The molecule has 0 saturated heterocycles. The number of hydrogen-bond donors (Lipinski definition) is 1. The first-order valence-electron chi connectivity index (χ1n) is 17.2. The summed E-state index contributed by atoms with van der Waals surface area (Å²) in [7, 11) is 0. The van der Waals surface area contributed by atoms with Gasteiger partial charge in [0, 0.05) is 6.42 Å². The quantitative estimate of drug-likeness (QED) is 0.270. The molecule has 0 heterocycles. The molecule has 13 unspecified atom stereocenters. The molecule has 1 N–H and O–H groups in total. The van der Waals surface area contributed by atoms with E-state index in [0.29, 0.717) is 65.3 Å². The lowest BCUT2D eigenvalue weighted by Gasteiger charge is -2.76. The van der Waals surface area contributed by atoms with Crippen LogP contribution in [0.25, 0.3) is 0 Å². The monoisotopic (exact) mass is 557 g/mol. The molecule has 4 saturated carbocycles. The lowest BCUT2D eigenvalue weighted by Crippen LogP contribution is -2.70. The van der Waals surface area contributed by atoms with Crippen LogP contribution in [-0.4, -0.2) is 18.0 Å². The van der Waals surface area contributed by atoms with Crippen molar-refractivity contribution in [1.82, 2.24) is 0 Å². The van der Waals surface area contributed by atoms with Crippen molar-refractivity contribution in [2.75, 3.05) is 6.61 Å². The Morgan fingerprint density at radius 3 is 2.10 bits per heavy atom. The number of hydrogen-bond acceptors (Lipinski definition) is 2. The third-order valence-electron chi connectivity index (χ3n) is 15.1. The van der Waals surface area contributed by atoms with E-state index in [1.54, 1.807) is 5.57 Å². The molecule has 0 radical (unpaired) electrons. The van der Waals surface area contributed by atoms with Crippen LogP contribution in [0.1, 0.15) is 123 Å². The molecule has 0 aliphatic heterocycles. The van der Waals surface area contributed by atoms with E-state index in [-0.39, 0.29) is 16.2 Å². The maximum Gasteiger partial charge on any atom is 0.154 e. The summed E-state index contributed by atoms with van der Waals surface area (Å²) >= 11 is 0. The molecule has 0 spiro atoms. The molecule has 4 fully saturated rings. The molecule has 232 valence electrons. The Hall–Kier alpha value is -0.340. The van der Waals surface area contributed by atoms with Crippen molar-refractivity contribution in [3.8, 4) is 0 Å². The van der Waals surface area contributed by atoms with Crippen LogP contribution in [-0.2, 0) is 4.74 Å². The van der Waals surface area contributed by atoms with Gasteiger partial charge in [-0.1, -0.05) is 109 Å². The normalized spacial score (nSPS) is 52.1. The molecule has 0 bridgehead atoms. The Morgan fingerprint density at radius 2 is 1.55 bits per heavy atom. The minimum Gasteiger partial charge on any atom is -0.368 e. The summed E-state index contributed by atoms with van der Waals surface area (Å²) in [5.74, 6) is 8.01. The van der Waals surface area contributed by atoms with Crippen molar-refractivity contribution < 1.29 is 9.84 Å². The van der Waals surface area contributed by atoms with E-state index in [1.807, 2.05) is 0 Å². The van der Waals surface area contributed by atoms with Crippen LogP contribution >= 0.6 is 0 Å². The Morgan fingerprint density at radius 1 is 0.950 bits per heavy atom. The molecule has 0 aromatic heterocycles. The van der Waals surface area contributed by atoms with Crippen LogP contribution in [0.4, 0.5) is 0 Å². The van der Waals surface area contributed by atoms with Crippen molar-refractivity contribution in [2.45, 2.75) is 129 Å². The maximum atomic E-state index is 10.9. The predicted octanol–water partition coefficient (Wildman–Crippen LogP) is 10.1. The van der Waals surface area contributed by atoms with E-state index in [4.69, 9.17) is 11.3 Å². The van der Waals surface area contributed by atoms with Gasteiger partial charge in [0.25, 0.3) is 0 Å². The molecule has 0 aromatic rings. The zero-order valence-corrected chi connectivity index (χ0v) is 29.1. The highest BCUT2D eigenvalue weighted by Crippen LogP contribution is 2.77. The zero-order chi connectivity index (χ0) is 30.3. The lowest BCUT2D eigenvalue weighted by molar-refractivity contribution is -0.260. The van der Waals surface area contributed by atoms with Crippen molar-refractivity contribution in [1.29, 1.82) is 0 Å². The smallest absolute Gasteiger partial charge is 0.154 e. The number of aliphatic hydroxyl groups excluding tert-OH is 1. The first-order chi connectivity index (χ1) is 18.2. The van der Waals surface area contributed by atoms with Gasteiger partial charge >= 0.3 is 0 Å². The fraction of sp³-hybridized carbons (Fsp3) is 0.947. The zero-order valence-electron chi connectivity index (χ0n) is 29.1. The molecule has 2 heteroatoms. The van der Waals surface area contributed by atoms with Crippen molar-refractivity contribution in [3.05, 3.63) is 12.2 Å². The van der Waals surface area contributed by atoms with Gasteiger partial charge in [-0.15, -0.1) is 0 Å². The van der Waals surface area contributed by atoms with Crippen LogP contribution in [0.5, 0.6) is 0 Å². The highest BCUT2D eigenvalue weighted by Gasteiger charge is 2.72. The summed E-state index contributed by atoms with van der Waals surface area (Å²) in [6.07, 6.45) is 4.03. The summed E-state index contributed by atoms with van der Waals surface area (Å²) in [5, 5.41) is 10.9. The number of allylic oxidation sites excluding steroid dienone is 1. The SMILES string of the molecule is C=C1C(C(C)C)C(C)CC2(C)C(C)[C@]3(C)C(C(C)C4C(C)C(CC(O)OCC(C)(C)C)CCC4[C@H]3C)C(C)C12C. The van der Waals surface area contributed by atoms with Gasteiger partial charge < -0.3 is 9.84 Å². The third kappa shape index (κ3) is 4.62. The molecular weight excluding hydrogens is 488 g/mol. The minimum atomic E-state index is -0.640. The van der Waals surface area contributed by atoms with Crippen molar-refractivity contribution in [3.63, 3.8) is 0 Å². The standard InChI is InChI=1S/C38H68O2/c1-21(2)32-22(3)19-36(13)28(9)37(14)25(6)30-17-16-29(18-31(39)40-20-35(10,11)12)23(4)33(30)24(5)34(37)27(8)38(36,15)26(32)7/h21-25,27-34,39H,7,16-20H2,1-6,8-15H3/t22?,23?,24?,25-,27?,28?,29?,30?,31?,32?,33?,34?,36?,37-,38?/m1/s1. The Labute approximate surface area is 249 Å². The Kier molecular flexibility index (Phi) is 8.69. The summed E-state index contributed by atoms with van der Waals surface area (Å²) in [6, 6.07) is 0. The van der Waals surface area contributed by atoms with E-state index >= 15 is 0 Å². The van der Waals surface area contributed by atoms with Crippen LogP contribution in [0.2, 0.25) is 0 Å². The number of rotatable bonds is 5. The summed E-state index contributed by atoms with van der Waals surface area (Å²) in [6.45, 7) is 40.7. The first-order valence-corrected chi connectivity index (χ1v) is 17.2. The van der Waals surface area contributed by atoms with E-state index in [0.717, 1.165) is 24.2 Å². The van der Waals surface area contributed by atoms with Crippen LogP contribution in [0.15, 0.2) is 12.2 Å². The Bertz CT molecular complexity index is 930. The predicted molar refractivity (Wildman–Crippen MR) is 171 cm³/mol. The van der Waals surface area contributed by atoms with E-state index in [2.05, 4.69) is 96.9 Å². The molecule has 0 aromatic carbocycles. The average molecular weight is 557 g/mol. The number of ether oxygens (including phenoxy) is 1. The minimum absolute atomic E-state index is 0.0793. The van der Waals surface area contributed by atoms with Gasteiger partial charge in [-0.25, -0.2) is 0 Å². The first kappa shape index (κ1) is 32.6. The molecule has 15 atom stereocenters. The van der Waals surface area contributed by atoms with Gasteiger partial charge in [-0.05, 0) is 112 Å². The molecule has 4 rings (SSSR count). The highest BCUT2D eigenvalue weighted by atomic mass is 16.6. The second-order valence-electron chi connectivity index (χ2n) is 18.1. The molecule has 0 amide bonds. The Balaban J connectivity index is 1.68.